The second-order valence-corrected chi connectivity index (χ2v) is 5.70. The Labute approximate surface area is 125 Å². The van der Waals surface area contributed by atoms with Crippen molar-refractivity contribution in [2.45, 2.75) is 25.8 Å². The first-order chi connectivity index (χ1) is 9.69. The van der Waals surface area contributed by atoms with E-state index in [9.17, 15) is 0 Å². The first-order valence-corrected chi connectivity index (χ1v) is 7.40. The van der Waals surface area contributed by atoms with Crippen molar-refractivity contribution >= 4 is 21.6 Å². The molecule has 3 rings (SSSR count). The molecule has 0 radical (unpaired) electrons. The van der Waals surface area contributed by atoms with Crippen LogP contribution in [0.25, 0.3) is 11.5 Å². The van der Waals surface area contributed by atoms with Crippen molar-refractivity contribution in [3.8, 4) is 5.82 Å². The average Bonchev–Trinajstić information content (AvgIpc) is 3.03. The molecule has 1 atom stereocenters. The number of fused-ring (bicyclic) bond motifs is 1. The number of rotatable bonds is 4. The van der Waals surface area contributed by atoms with Gasteiger partial charge in [0.05, 0.1) is 16.4 Å². The molecule has 0 aromatic carbocycles. The summed E-state index contributed by atoms with van der Waals surface area (Å²) in [6.07, 6.45) is 7.38. The highest BCUT2D eigenvalue weighted by Gasteiger charge is 2.16. The van der Waals surface area contributed by atoms with Crippen LogP contribution in [0.4, 0.5) is 0 Å². The van der Waals surface area contributed by atoms with Gasteiger partial charge in [0.2, 0.25) is 0 Å². The zero-order valence-electron chi connectivity index (χ0n) is 11.2. The minimum atomic E-state index is 0.118. The van der Waals surface area contributed by atoms with Crippen LogP contribution < -0.4 is 5.73 Å². The smallest absolute Gasteiger partial charge is 0.175 e. The Balaban J connectivity index is 2.17. The Hall–Kier alpha value is -1.66. The zero-order chi connectivity index (χ0) is 14.1. The topological polar surface area (TPSA) is 61.1 Å². The van der Waals surface area contributed by atoms with E-state index in [4.69, 9.17) is 5.73 Å². The molecule has 0 saturated heterocycles. The molecule has 3 aromatic rings. The van der Waals surface area contributed by atoms with Crippen molar-refractivity contribution in [1.82, 2.24) is 19.2 Å². The van der Waals surface area contributed by atoms with E-state index >= 15 is 0 Å². The molecule has 0 aliphatic heterocycles. The molecule has 6 heteroatoms. The molecule has 1 unspecified atom stereocenters. The van der Waals surface area contributed by atoms with Crippen molar-refractivity contribution in [3.05, 3.63) is 47.0 Å². The van der Waals surface area contributed by atoms with Crippen LogP contribution in [0, 0.1) is 0 Å². The third-order valence-electron chi connectivity index (χ3n) is 3.36. The molecule has 0 fully saturated rings. The third-order valence-corrected chi connectivity index (χ3v) is 3.77. The summed E-state index contributed by atoms with van der Waals surface area (Å²) in [5, 5.41) is 4.33. The van der Waals surface area contributed by atoms with E-state index in [0.717, 1.165) is 34.5 Å². The molecule has 104 valence electrons. The summed E-state index contributed by atoms with van der Waals surface area (Å²) in [6, 6.07) is 6.09. The minimum absolute atomic E-state index is 0.118. The number of nitrogens with two attached hydrogens (primary N) is 1. The average molecular weight is 334 g/mol. The first kappa shape index (κ1) is 13.3. The number of pyridine rings is 1. The summed E-state index contributed by atoms with van der Waals surface area (Å²) in [5.41, 5.74) is 8.13. The predicted octanol–water partition coefficient (Wildman–Crippen LogP) is 2.56. The van der Waals surface area contributed by atoms with E-state index in [2.05, 4.69) is 37.3 Å². The number of hydrogen-bond donors (Lipinski definition) is 1. The lowest BCUT2D eigenvalue weighted by molar-refractivity contribution is 0.629. The molecule has 0 aliphatic carbocycles. The number of aromatic nitrogens is 4. The van der Waals surface area contributed by atoms with Crippen LogP contribution in [0.15, 0.2) is 41.3 Å². The lowest BCUT2D eigenvalue weighted by Gasteiger charge is -2.10. The lowest BCUT2D eigenvalue weighted by atomic mass is 10.1. The van der Waals surface area contributed by atoms with Crippen molar-refractivity contribution in [3.63, 3.8) is 0 Å². The maximum Gasteiger partial charge on any atom is 0.175 e. The van der Waals surface area contributed by atoms with Crippen molar-refractivity contribution in [1.29, 1.82) is 0 Å². The standard InChI is InChI=1S/C14H16BrN5/c1-2-11(16)7-12-14(20-9-10(15)8-17-20)18-13-5-3-4-6-19(12)13/h3-6,8-9,11H,2,7,16H2,1H3. The van der Waals surface area contributed by atoms with E-state index in [0.29, 0.717) is 0 Å². The number of halogens is 1. The van der Waals surface area contributed by atoms with Crippen LogP contribution in [-0.2, 0) is 6.42 Å². The summed E-state index contributed by atoms with van der Waals surface area (Å²) in [7, 11) is 0. The largest absolute Gasteiger partial charge is 0.327 e. The number of hydrogen-bond acceptors (Lipinski definition) is 3. The summed E-state index contributed by atoms with van der Waals surface area (Å²) >= 11 is 3.42. The minimum Gasteiger partial charge on any atom is -0.327 e. The molecule has 0 aliphatic rings. The Morgan fingerprint density at radius 1 is 1.40 bits per heavy atom. The van der Waals surface area contributed by atoms with Crippen LogP contribution in [0.2, 0.25) is 0 Å². The van der Waals surface area contributed by atoms with E-state index < -0.39 is 0 Å². The molecule has 2 N–H and O–H groups in total. The molecular weight excluding hydrogens is 318 g/mol. The summed E-state index contributed by atoms with van der Waals surface area (Å²) in [5.74, 6) is 0.839. The lowest BCUT2D eigenvalue weighted by Crippen LogP contribution is -2.23. The molecule has 0 bridgehead atoms. The summed E-state index contributed by atoms with van der Waals surface area (Å²) in [6.45, 7) is 2.10. The fourth-order valence-corrected chi connectivity index (χ4v) is 2.50. The van der Waals surface area contributed by atoms with Gasteiger partial charge in [0, 0.05) is 24.9 Å². The number of imidazole rings is 1. The quantitative estimate of drug-likeness (QED) is 0.798. The highest BCUT2D eigenvalue weighted by atomic mass is 79.9. The molecule has 3 aromatic heterocycles. The van der Waals surface area contributed by atoms with Gasteiger partial charge in [0.1, 0.15) is 5.65 Å². The van der Waals surface area contributed by atoms with Gasteiger partial charge in [-0.15, -0.1) is 0 Å². The molecule has 0 spiro atoms. The van der Waals surface area contributed by atoms with Crippen molar-refractivity contribution in [2.75, 3.05) is 0 Å². The predicted molar refractivity (Wildman–Crippen MR) is 82.0 cm³/mol. The fourth-order valence-electron chi connectivity index (χ4n) is 2.22. The molecular formula is C14H16BrN5. The Kier molecular flexibility index (Phi) is 3.58. The van der Waals surface area contributed by atoms with Crippen LogP contribution in [0.5, 0.6) is 0 Å². The Morgan fingerprint density at radius 3 is 2.95 bits per heavy atom. The monoisotopic (exact) mass is 333 g/mol. The zero-order valence-corrected chi connectivity index (χ0v) is 12.8. The highest BCUT2D eigenvalue weighted by molar-refractivity contribution is 9.10. The van der Waals surface area contributed by atoms with Gasteiger partial charge < -0.3 is 10.1 Å². The number of nitrogens with zero attached hydrogens (tertiary/aromatic N) is 4. The third kappa shape index (κ3) is 2.36. The summed E-state index contributed by atoms with van der Waals surface area (Å²) in [4.78, 5) is 4.67. The SMILES string of the molecule is CCC(N)Cc1c(-n2cc(Br)cn2)nc2ccccn12. The molecule has 5 nitrogen and oxygen atoms in total. The van der Waals surface area contributed by atoms with Gasteiger partial charge in [0.15, 0.2) is 5.82 Å². The second-order valence-electron chi connectivity index (χ2n) is 4.79. The summed E-state index contributed by atoms with van der Waals surface area (Å²) < 4.78 is 4.80. The van der Waals surface area contributed by atoms with E-state index in [1.165, 1.54) is 0 Å². The maximum absolute atomic E-state index is 6.13. The van der Waals surface area contributed by atoms with Crippen molar-refractivity contribution in [2.24, 2.45) is 5.73 Å². The van der Waals surface area contributed by atoms with Gasteiger partial charge in [-0.2, -0.15) is 5.10 Å². The fraction of sp³-hybridized carbons (Fsp3) is 0.286. The van der Waals surface area contributed by atoms with Gasteiger partial charge in [-0.3, -0.25) is 0 Å². The van der Waals surface area contributed by atoms with Crippen LogP contribution in [0.1, 0.15) is 19.0 Å². The van der Waals surface area contributed by atoms with E-state index in [1.807, 2.05) is 30.6 Å². The molecule has 20 heavy (non-hydrogen) atoms. The first-order valence-electron chi connectivity index (χ1n) is 6.61. The van der Waals surface area contributed by atoms with Crippen LogP contribution in [-0.4, -0.2) is 25.2 Å². The highest BCUT2D eigenvalue weighted by Crippen LogP contribution is 2.20. The Bertz CT molecular complexity index is 730. The van der Waals surface area contributed by atoms with Gasteiger partial charge in [0.25, 0.3) is 0 Å². The van der Waals surface area contributed by atoms with Gasteiger partial charge in [-0.25, -0.2) is 9.67 Å². The van der Waals surface area contributed by atoms with Crippen LogP contribution >= 0.6 is 15.9 Å². The van der Waals surface area contributed by atoms with Crippen molar-refractivity contribution < 1.29 is 0 Å². The maximum atomic E-state index is 6.13. The Morgan fingerprint density at radius 2 is 2.25 bits per heavy atom. The molecule has 0 amide bonds. The van der Waals surface area contributed by atoms with E-state index in [-0.39, 0.29) is 6.04 Å². The van der Waals surface area contributed by atoms with Crippen LogP contribution in [0.3, 0.4) is 0 Å². The molecule has 3 heterocycles. The van der Waals surface area contributed by atoms with Gasteiger partial charge >= 0.3 is 0 Å². The molecule has 0 saturated carbocycles. The second kappa shape index (κ2) is 5.38. The van der Waals surface area contributed by atoms with Gasteiger partial charge in [-0.1, -0.05) is 13.0 Å². The van der Waals surface area contributed by atoms with Gasteiger partial charge in [-0.05, 0) is 34.5 Å². The van der Waals surface area contributed by atoms with E-state index in [1.54, 1.807) is 10.9 Å². The normalized spacial score (nSPS) is 12.9.